The second-order valence-electron chi connectivity index (χ2n) is 3.78. The molecule has 7 heteroatoms. The second kappa shape index (κ2) is 5.94. The highest BCUT2D eigenvalue weighted by Gasteiger charge is 2.13. The van der Waals surface area contributed by atoms with Gasteiger partial charge in [-0.3, -0.25) is 9.59 Å². The second-order valence-corrected chi connectivity index (χ2v) is 3.78. The number of amides is 1. The van der Waals surface area contributed by atoms with E-state index in [-0.39, 0.29) is 32.3 Å². The lowest BCUT2D eigenvalue weighted by atomic mass is 10.3. The topological polar surface area (TPSA) is 94.1 Å². The molecule has 0 saturated heterocycles. The van der Waals surface area contributed by atoms with Crippen molar-refractivity contribution in [2.75, 3.05) is 19.9 Å². The van der Waals surface area contributed by atoms with Crippen LogP contribution in [0, 0.1) is 0 Å². The Kier molecular flexibility index (Phi) is 4.07. The predicted octanol–water partition coefficient (Wildman–Crippen LogP) is 0.385. The number of carboxylic acids is 1. The van der Waals surface area contributed by atoms with Gasteiger partial charge >= 0.3 is 5.97 Å². The van der Waals surface area contributed by atoms with Crippen LogP contribution in [0.3, 0.4) is 0 Å². The summed E-state index contributed by atoms with van der Waals surface area (Å²) in [7, 11) is 0. The number of carboxylic acid groups (broad SMARTS) is 1. The molecule has 0 spiro atoms. The minimum absolute atomic E-state index is 0.0850. The molecule has 1 aromatic carbocycles. The van der Waals surface area contributed by atoms with Crippen molar-refractivity contribution in [1.29, 1.82) is 0 Å². The molecule has 1 aliphatic rings. The zero-order valence-electron chi connectivity index (χ0n) is 10.0. The highest BCUT2D eigenvalue weighted by Crippen LogP contribution is 2.34. The van der Waals surface area contributed by atoms with Crippen LogP contribution in [0.25, 0.3) is 0 Å². The van der Waals surface area contributed by atoms with Crippen LogP contribution in [0.5, 0.6) is 17.2 Å². The average Bonchev–Trinajstić information content (AvgIpc) is 2.83. The highest BCUT2D eigenvalue weighted by atomic mass is 16.7. The Balaban J connectivity index is 1.74. The number of aliphatic carboxylic acids is 1. The molecule has 1 aliphatic heterocycles. The summed E-state index contributed by atoms with van der Waals surface area (Å²) < 4.78 is 15.7. The van der Waals surface area contributed by atoms with Gasteiger partial charge in [-0.2, -0.15) is 0 Å². The SMILES string of the molecule is O=C(O)CNC(=O)CCOc1ccc2c(c1)OCO2. The Labute approximate surface area is 109 Å². The molecule has 1 aromatic rings. The molecule has 1 heterocycles. The van der Waals surface area contributed by atoms with Crippen LogP contribution in [0.1, 0.15) is 6.42 Å². The van der Waals surface area contributed by atoms with Gasteiger partial charge in [0, 0.05) is 6.07 Å². The number of hydrogen-bond donors (Lipinski definition) is 2. The minimum Gasteiger partial charge on any atom is -0.493 e. The monoisotopic (exact) mass is 267 g/mol. The molecule has 0 aliphatic carbocycles. The lowest BCUT2D eigenvalue weighted by Crippen LogP contribution is -2.30. The molecule has 0 aromatic heterocycles. The van der Waals surface area contributed by atoms with Gasteiger partial charge in [0.05, 0.1) is 13.0 Å². The normalized spacial score (nSPS) is 12.0. The Morgan fingerprint density at radius 1 is 1.32 bits per heavy atom. The van der Waals surface area contributed by atoms with E-state index in [1.807, 2.05) is 0 Å². The van der Waals surface area contributed by atoms with E-state index in [1.54, 1.807) is 18.2 Å². The molecule has 0 saturated carbocycles. The molecular weight excluding hydrogens is 254 g/mol. The van der Waals surface area contributed by atoms with Crippen molar-refractivity contribution in [3.63, 3.8) is 0 Å². The highest BCUT2D eigenvalue weighted by molar-refractivity contribution is 5.81. The maximum absolute atomic E-state index is 11.2. The van der Waals surface area contributed by atoms with Crippen LogP contribution < -0.4 is 19.5 Å². The van der Waals surface area contributed by atoms with E-state index in [0.29, 0.717) is 17.2 Å². The summed E-state index contributed by atoms with van der Waals surface area (Å²) >= 11 is 0. The van der Waals surface area contributed by atoms with Crippen molar-refractivity contribution in [2.24, 2.45) is 0 Å². The third-order valence-electron chi connectivity index (χ3n) is 2.38. The van der Waals surface area contributed by atoms with Gasteiger partial charge in [0.25, 0.3) is 0 Å². The number of ether oxygens (including phenoxy) is 3. The van der Waals surface area contributed by atoms with E-state index in [9.17, 15) is 9.59 Å². The first kappa shape index (κ1) is 13.0. The molecule has 0 atom stereocenters. The van der Waals surface area contributed by atoms with Crippen LogP contribution in [0.15, 0.2) is 18.2 Å². The van der Waals surface area contributed by atoms with Crippen molar-refractivity contribution in [1.82, 2.24) is 5.32 Å². The van der Waals surface area contributed by atoms with Crippen LogP contribution in [0.2, 0.25) is 0 Å². The molecule has 2 N–H and O–H groups in total. The van der Waals surface area contributed by atoms with E-state index in [2.05, 4.69) is 5.32 Å². The Morgan fingerprint density at radius 2 is 2.11 bits per heavy atom. The largest absolute Gasteiger partial charge is 0.493 e. The number of hydrogen-bond acceptors (Lipinski definition) is 5. The molecule has 19 heavy (non-hydrogen) atoms. The minimum atomic E-state index is -1.08. The van der Waals surface area contributed by atoms with Crippen molar-refractivity contribution >= 4 is 11.9 Å². The summed E-state index contributed by atoms with van der Waals surface area (Å²) in [6.07, 6.45) is 0.0850. The molecular formula is C12H13NO6. The van der Waals surface area contributed by atoms with Gasteiger partial charge in [-0.1, -0.05) is 0 Å². The number of carbonyl (C=O) groups is 2. The number of benzene rings is 1. The van der Waals surface area contributed by atoms with E-state index in [0.717, 1.165) is 0 Å². The first-order chi connectivity index (χ1) is 9.15. The fourth-order valence-corrected chi connectivity index (χ4v) is 1.49. The van der Waals surface area contributed by atoms with Crippen LogP contribution in [-0.4, -0.2) is 36.9 Å². The van der Waals surface area contributed by atoms with E-state index in [4.69, 9.17) is 19.3 Å². The zero-order chi connectivity index (χ0) is 13.7. The van der Waals surface area contributed by atoms with E-state index >= 15 is 0 Å². The average molecular weight is 267 g/mol. The van der Waals surface area contributed by atoms with Gasteiger partial charge in [0.1, 0.15) is 12.3 Å². The third kappa shape index (κ3) is 3.77. The Hall–Kier alpha value is -2.44. The van der Waals surface area contributed by atoms with E-state index in [1.165, 1.54) is 0 Å². The molecule has 0 radical (unpaired) electrons. The molecule has 0 fully saturated rings. The lowest BCUT2D eigenvalue weighted by Gasteiger charge is -2.06. The fourth-order valence-electron chi connectivity index (χ4n) is 1.49. The zero-order valence-corrected chi connectivity index (χ0v) is 10.0. The number of fused-ring (bicyclic) bond motifs is 1. The van der Waals surface area contributed by atoms with Crippen molar-refractivity contribution in [3.8, 4) is 17.2 Å². The van der Waals surface area contributed by atoms with Crippen molar-refractivity contribution in [2.45, 2.75) is 6.42 Å². The summed E-state index contributed by atoms with van der Waals surface area (Å²) in [5.41, 5.74) is 0. The summed E-state index contributed by atoms with van der Waals surface area (Å²) in [6.45, 7) is -0.0374. The standard InChI is InChI=1S/C12H13NO6/c14-11(13-6-12(15)16)3-4-17-8-1-2-9-10(5-8)19-7-18-9/h1-2,5H,3-4,6-7H2,(H,13,14)(H,15,16). The molecule has 1 amide bonds. The van der Waals surface area contributed by atoms with Crippen LogP contribution in [-0.2, 0) is 9.59 Å². The molecule has 2 rings (SSSR count). The van der Waals surface area contributed by atoms with Gasteiger partial charge in [-0.15, -0.1) is 0 Å². The Bertz CT molecular complexity index is 487. The molecule has 0 unspecified atom stereocenters. The molecule has 0 bridgehead atoms. The number of carbonyl (C=O) groups excluding carboxylic acids is 1. The summed E-state index contributed by atoms with van der Waals surface area (Å²) in [5.74, 6) is 0.378. The molecule has 7 nitrogen and oxygen atoms in total. The quantitative estimate of drug-likeness (QED) is 0.774. The van der Waals surface area contributed by atoms with E-state index < -0.39 is 5.97 Å². The van der Waals surface area contributed by atoms with Gasteiger partial charge in [0.15, 0.2) is 11.5 Å². The first-order valence-electron chi connectivity index (χ1n) is 5.66. The van der Waals surface area contributed by atoms with Crippen molar-refractivity contribution in [3.05, 3.63) is 18.2 Å². The third-order valence-corrected chi connectivity index (χ3v) is 2.38. The maximum atomic E-state index is 11.2. The summed E-state index contributed by atoms with van der Waals surface area (Å²) in [4.78, 5) is 21.5. The van der Waals surface area contributed by atoms with Crippen molar-refractivity contribution < 1.29 is 28.9 Å². The van der Waals surface area contributed by atoms with Gasteiger partial charge < -0.3 is 24.6 Å². The number of nitrogens with one attached hydrogen (secondary N) is 1. The Morgan fingerprint density at radius 3 is 2.89 bits per heavy atom. The summed E-state index contributed by atoms with van der Waals surface area (Å²) in [6, 6.07) is 5.11. The van der Waals surface area contributed by atoms with Gasteiger partial charge in [-0.05, 0) is 12.1 Å². The molecule has 102 valence electrons. The van der Waals surface area contributed by atoms with Crippen LogP contribution >= 0.6 is 0 Å². The predicted molar refractivity (Wildman–Crippen MR) is 63.3 cm³/mol. The summed E-state index contributed by atoms with van der Waals surface area (Å²) in [5, 5.41) is 10.6. The van der Waals surface area contributed by atoms with Gasteiger partial charge in [0.2, 0.25) is 12.7 Å². The van der Waals surface area contributed by atoms with Crippen LogP contribution in [0.4, 0.5) is 0 Å². The lowest BCUT2D eigenvalue weighted by molar-refractivity contribution is -0.138. The first-order valence-corrected chi connectivity index (χ1v) is 5.66. The number of rotatable bonds is 6. The maximum Gasteiger partial charge on any atom is 0.322 e. The van der Waals surface area contributed by atoms with Gasteiger partial charge in [-0.25, -0.2) is 0 Å². The smallest absolute Gasteiger partial charge is 0.322 e. The fraction of sp³-hybridized carbons (Fsp3) is 0.333.